The van der Waals surface area contributed by atoms with Gasteiger partial charge in [-0.15, -0.1) is 0 Å². The molecule has 1 saturated carbocycles. The van der Waals surface area contributed by atoms with Gasteiger partial charge in [0.25, 0.3) is 0 Å². The molecule has 1 fully saturated rings. The number of esters is 1. The molecule has 1 N–H and O–H groups in total. The second-order valence-electron chi connectivity index (χ2n) is 12.1. The molecule has 1 amide bonds. The third-order valence-corrected chi connectivity index (χ3v) is 9.27. The maximum atomic E-state index is 13.1. The number of aryl methyl sites for hydroxylation is 1. The first kappa shape index (κ1) is 30.5. The summed E-state index contributed by atoms with van der Waals surface area (Å²) in [4.78, 5) is 25.1. The van der Waals surface area contributed by atoms with Crippen LogP contribution in [0.2, 0.25) is 0 Å². The molecule has 5 nitrogen and oxygen atoms in total. The highest BCUT2D eigenvalue weighted by Gasteiger charge is 2.52. The molecule has 0 aliphatic heterocycles. The van der Waals surface area contributed by atoms with Crippen LogP contribution in [-0.4, -0.2) is 31.6 Å². The van der Waals surface area contributed by atoms with Crippen LogP contribution in [0.5, 0.6) is 5.75 Å². The summed E-state index contributed by atoms with van der Waals surface area (Å²) in [5, 5.41) is 3.19. The van der Waals surface area contributed by atoms with Crippen LogP contribution in [0.3, 0.4) is 0 Å². The lowest BCUT2D eigenvalue weighted by Crippen LogP contribution is -2.43. The number of amides is 1. The number of carbonyl (C=O) groups is 2. The molecular formula is C33H53NO4. The molecule has 38 heavy (non-hydrogen) atoms. The first-order valence-electron chi connectivity index (χ1n) is 15.5. The van der Waals surface area contributed by atoms with E-state index in [1.807, 2.05) is 0 Å². The molecule has 1 aromatic carbocycles. The van der Waals surface area contributed by atoms with E-state index in [2.05, 4.69) is 37.4 Å². The Kier molecular flexibility index (Phi) is 12.5. The summed E-state index contributed by atoms with van der Waals surface area (Å²) in [7, 11) is 1.72. The number of ether oxygens (including phenoxy) is 2. The van der Waals surface area contributed by atoms with Crippen LogP contribution in [0.1, 0.15) is 122 Å². The molecular weight excluding hydrogens is 474 g/mol. The van der Waals surface area contributed by atoms with E-state index in [1.165, 1.54) is 75.8 Å². The quantitative estimate of drug-likeness (QED) is 0.178. The van der Waals surface area contributed by atoms with Crippen molar-refractivity contribution in [1.29, 1.82) is 0 Å². The van der Waals surface area contributed by atoms with E-state index in [1.54, 1.807) is 7.11 Å². The minimum absolute atomic E-state index is 0.105. The van der Waals surface area contributed by atoms with Gasteiger partial charge in [-0.05, 0) is 73.6 Å². The maximum absolute atomic E-state index is 13.1. The summed E-state index contributed by atoms with van der Waals surface area (Å²) in [6.45, 7) is 6.69. The van der Waals surface area contributed by atoms with Crippen LogP contribution in [0, 0.1) is 17.3 Å². The van der Waals surface area contributed by atoms with Crippen LogP contribution in [0.4, 0.5) is 0 Å². The van der Waals surface area contributed by atoms with Gasteiger partial charge in [0.05, 0.1) is 7.11 Å². The molecule has 2 unspecified atom stereocenters. The van der Waals surface area contributed by atoms with E-state index in [0.29, 0.717) is 18.3 Å². The minimum atomic E-state index is -0.331. The molecule has 1 aromatic rings. The zero-order chi connectivity index (χ0) is 27.4. The number of rotatable bonds is 16. The Labute approximate surface area is 231 Å². The molecule has 0 heterocycles. The van der Waals surface area contributed by atoms with Crippen molar-refractivity contribution in [3.63, 3.8) is 0 Å². The van der Waals surface area contributed by atoms with Crippen molar-refractivity contribution < 1.29 is 19.1 Å². The SMILES string of the molecule is CCCCCCCCCCCCNC(=O)C[C@@]1(C)C(C2CCc3cc(OC)ccc3C2)CC[C@@H]1OC(C)=O. The number of hydrogen-bond acceptors (Lipinski definition) is 4. The monoisotopic (exact) mass is 527 g/mol. The highest BCUT2D eigenvalue weighted by atomic mass is 16.5. The van der Waals surface area contributed by atoms with Gasteiger partial charge in [-0.25, -0.2) is 0 Å². The summed E-state index contributed by atoms with van der Waals surface area (Å²) in [5.74, 6) is 1.64. The Bertz CT molecular complexity index is 884. The third-order valence-electron chi connectivity index (χ3n) is 9.27. The second kappa shape index (κ2) is 15.5. The largest absolute Gasteiger partial charge is 0.497 e. The first-order valence-corrected chi connectivity index (χ1v) is 15.5. The lowest BCUT2D eigenvalue weighted by Gasteiger charge is -2.41. The van der Waals surface area contributed by atoms with Gasteiger partial charge in [-0.1, -0.05) is 77.7 Å². The summed E-state index contributed by atoms with van der Waals surface area (Å²) in [5.41, 5.74) is 2.44. The van der Waals surface area contributed by atoms with Gasteiger partial charge < -0.3 is 14.8 Å². The van der Waals surface area contributed by atoms with Gasteiger partial charge in [0.15, 0.2) is 0 Å². The highest BCUT2D eigenvalue weighted by molar-refractivity contribution is 5.77. The molecule has 5 heteroatoms. The fraction of sp³-hybridized carbons (Fsp3) is 0.758. The predicted molar refractivity (Wildman–Crippen MR) is 154 cm³/mol. The van der Waals surface area contributed by atoms with E-state index in [-0.39, 0.29) is 23.4 Å². The summed E-state index contributed by atoms with van der Waals surface area (Å²) in [6.07, 6.45) is 18.2. The molecule has 0 bridgehead atoms. The van der Waals surface area contributed by atoms with E-state index in [4.69, 9.17) is 9.47 Å². The fourth-order valence-electron chi connectivity index (χ4n) is 7.12. The number of nitrogens with one attached hydrogen (secondary N) is 1. The smallest absolute Gasteiger partial charge is 0.302 e. The van der Waals surface area contributed by atoms with E-state index in [9.17, 15) is 9.59 Å². The lowest BCUT2D eigenvalue weighted by atomic mass is 9.65. The van der Waals surface area contributed by atoms with Crippen molar-refractivity contribution in [2.75, 3.05) is 13.7 Å². The van der Waals surface area contributed by atoms with Crippen LogP contribution in [0.15, 0.2) is 18.2 Å². The van der Waals surface area contributed by atoms with Gasteiger partial charge in [-0.2, -0.15) is 0 Å². The van der Waals surface area contributed by atoms with E-state index >= 15 is 0 Å². The Morgan fingerprint density at radius 2 is 1.63 bits per heavy atom. The first-order chi connectivity index (χ1) is 18.4. The van der Waals surface area contributed by atoms with Crippen molar-refractivity contribution in [1.82, 2.24) is 5.32 Å². The van der Waals surface area contributed by atoms with Crippen LogP contribution in [-0.2, 0) is 27.2 Å². The third kappa shape index (κ3) is 8.74. The van der Waals surface area contributed by atoms with E-state index in [0.717, 1.165) is 50.8 Å². The number of carbonyl (C=O) groups excluding carboxylic acids is 2. The highest BCUT2D eigenvalue weighted by Crippen LogP contribution is 2.53. The number of unbranched alkanes of at least 4 members (excludes halogenated alkanes) is 9. The molecule has 0 saturated heterocycles. The van der Waals surface area contributed by atoms with Gasteiger partial charge in [0.1, 0.15) is 11.9 Å². The van der Waals surface area contributed by atoms with Crippen LogP contribution >= 0.6 is 0 Å². The van der Waals surface area contributed by atoms with E-state index < -0.39 is 0 Å². The second-order valence-corrected chi connectivity index (χ2v) is 12.1. The predicted octanol–water partition coefficient (Wildman–Crippen LogP) is 7.58. The van der Waals surface area contributed by atoms with Crippen LogP contribution < -0.4 is 10.1 Å². The number of fused-ring (bicyclic) bond motifs is 1. The number of methoxy groups -OCH3 is 1. The zero-order valence-corrected chi connectivity index (χ0v) is 24.6. The standard InChI is InChI=1S/C33H53NO4/c1-5-6-7-8-9-10-11-12-13-14-21-34-32(36)24-33(3)30(19-20-31(33)38-25(2)35)28-16-15-27-23-29(37-4)18-17-26(27)22-28/h17-18,23,28,30-31H,5-16,19-22,24H2,1-4H3,(H,34,36)/t28?,30?,31-,33-/m0/s1. The molecule has 214 valence electrons. The summed E-state index contributed by atoms with van der Waals surface area (Å²) < 4.78 is 11.2. The van der Waals surface area contributed by atoms with Crippen molar-refractivity contribution in [3.8, 4) is 5.75 Å². The average molecular weight is 528 g/mol. The van der Waals surface area contributed by atoms with Crippen LogP contribution in [0.25, 0.3) is 0 Å². The maximum Gasteiger partial charge on any atom is 0.302 e. The Morgan fingerprint density at radius 1 is 0.947 bits per heavy atom. The van der Waals surface area contributed by atoms with Crippen molar-refractivity contribution in [2.24, 2.45) is 17.3 Å². The number of benzene rings is 1. The summed E-state index contributed by atoms with van der Waals surface area (Å²) in [6, 6.07) is 6.43. The van der Waals surface area contributed by atoms with Gasteiger partial charge in [-0.3, -0.25) is 9.59 Å². The molecule has 4 atom stereocenters. The lowest BCUT2D eigenvalue weighted by molar-refractivity contribution is -0.155. The van der Waals surface area contributed by atoms with Crippen molar-refractivity contribution >= 4 is 11.9 Å². The zero-order valence-electron chi connectivity index (χ0n) is 24.6. The topological polar surface area (TPSA) is 64.6 Å². The number of hydrogen-bond donors (Lipinski definition) is 1. The normalized spacial score (nSPS) is 24.6. The molecule has 0 spiro atoms. The van der Waals surface area contributed by atoms with Gasteiger partial charge in [0.2, 0.25) is 5.91 Å². The van der Waals surface area contributed by atoms with Gasteiger partial charge >= 0.3 is 5.97 Å². The fourth-order valence-corrected chi connectivity index (χ4v) is 7.12. The average Bonchev–Trinajstić information content (AvgIpc) is 3.20. The Hall–Kier alpha value is -2.04. The Morgan fingerprint density at radius 3 is 2.29 bits per heavy atom. The van der Waals surface area contributed by atoms with Crippen molar-refractivity contribution in [2.45, 2.75) is 130 Å². The van der Waals surface area contributed by atoms with Crippen molar-refractivity contribution in [3.05, 3.63) is 29.3 Å². The summed E-state index contributed by atoms with van der Waals surface area (Å²) >= 11 is 0. The van der Waals surface area contributed by atoms with Gasteiger partial charge in [0, 0.05) is 25.3 Å². The molecule has 3 rings (SSSR count). The molecule has 2 aliphatic rings. The molecule has 0 radical (unpaired) electrons. The Balaban J connectivity index is 1.48. The molecule has 0 aromatic heterocycles. The molecule has 2 aliphatic carbocycles. The minimum Gasteiger partial charge on any atom is -0.497 e.